The van der Waals surface area contributed by atoms with Crippen LogP contribution in [0.15, 0.2) is 42.5 Å². The number of methoxy groups -OCH3 is 1. The van der Waals surface area contributed by atoms with Gasteiger partial charge in [-0.1, -0.05) is 12.1 Å². The lowest BCUT2D eigenvalue weighted by atomic mass is 10.1. The number of nitrogens with one attached hydrogen (secondary N) is 1. The molecule has 1 atom stereocenters. The molecule has 0 spiro atoms. The average Bonchev–Trinajstić information content (AvgIpc) is 2.66. The highest BCUT2D eigenvalue weighted by Gasteiger charge is 2.16. The van der Waals surface area contributed by atoms with Crippen LogP contribution in [0.1, 0.15) is 28.9 Å². The second-order valence-corrected chi connectivity index (χ2v) is 5.69. The first kappa shape index (κ1) is 20.9. The molecule has 0 fully saturated rings. The first-order chi connectivity index (χ1) is 13.3. The highest BCUT2D eigenvalue weighted by molar-refractivity contribution is 5.95. The summed E-state index contributed by atoms with van der Waals surface area (Å²) >= 11 is 0. The second kappa shape index (κ2) is 9.54. The Morgan fingerprint density at radius 3 is 2.36 bits per heavy atom. The molecule has 0 radical (unpaired) electrons. The Balaban J connectivity index is 2.06. The number of aliphatic carboxylic acids is 1. The van der Waals surface area contributed by atoms with Crippen molar-refractivity contribution in [2.75, 3.05) is 13.7 Å². The number of halogens is 2. The molecule has 28 heavy (non-hydrogen) atoms. The topological polar surface area (TPSA) is 94.1 Å². The van der Waals surface area contributed by atoms with Crippen LogP contribution < -0.4 is 19.5 Å². The molecular formula is C19H19F2NO6. The van der Waals surface area contributed by atoms with Crippen molar-refractivity contribution in [3.05, 3.63) is 53.6 Å². The summed E-state index contributed by atoms with van der Waals surface area (Å²) in [5.74, 6) is -1.34. The number of amides is 1. The maximum Gasteiger partial charge on any atom is 0.387 e. The van der Waals surface area contributed by atoms with E-state index in [9.17, 15) is 18.4 Å². The van der Waals surface area contributed by atoms with Crippen LogP contribution in [-0.2, 0) is 4.79 Å². The molecule has 0 saturated heterocycles. The molecule has 0 aliphatic carbocycles. The lowest BCUT2D eigenvalue weighted by molar-refractivity contribution is -0.139. The van der Waals surface area contributed by atoms with E-state index in [1.54, 1.807) is 31.2 Å². The summed E-state index contributed by atoms with van der Waals surface area (Å²) < 4.78 is 39.4. The van der Waals surface area contributed by atoms with Gasteiger partial charge in [-0.2, -0.15) is 8.78 Å². The van der Waals surface area contributed by atoms with Gasteiger partial charge in [0.05, 0.1) is 13.2 Å². The number of hydrogen-bond acceptors (Lipinski definition) is 5. The fourth-order valence-corrected chi connectivity index (χ4v) is 2.37. The number of ether oxygens (including phenoxy) is 3. The summed E-state index contributed by atoms with van der Waals surface area (Å²) in [4.78, 5) is 22.9. The van der Waals surface area contributed by atoms with E-state index in [1.807, 2.05) is 0 Å². The van der Waals surface area contributed by atoms with Gasteiger partial charge in [-0.15, -0.1) is 0 Å². The minimum absolute atomic E-state index is 0.0850. The molecule has 2 N–H and O–H groups in total. The van der Waals surface area contributed by atoms with E-state index >= 15 is 0 Å². The predicted octanol–water partition coefficient (Wildman–Crippen LogP) is 3.25. The summed E-state index contributed by atoms with van der Waals surface area (Å²) in [6, 6.07) is 10.1. The summed E-state index contributed by atoms with van der Waals surface area (Å²) in [6.07, 6.45) is 0. The Labute approximate surface area is 159 Å². The third-order valence-corrected chi connectivity index (χ3v) is 3.73. The smallest absolute Gasteiger partial charge is 0.387 e. The largest absolute Gasteiger partial charge is 0.493 e. The quantitative estimate of drug-likeness (QED) is 0.677. The summed E-state index contributed by atoms with van der Waals surface area (Å²) in [6.45, 7) is -1.76. The molecule has 0 aromatic heterocycles. The monoisotopic (exact) mass is 395 g/mol. The maximum atomic E-state index is 12.5. The maximum absolute atomic E-state index is 12.5. The lowest BCUT2D eigenvalue weighted by Gasteiger charge is -2.16. The molecule has 0 heterocycles. The zero-order valence-corrected chi connectivity index (χ0v) is 15.1. The molecular weight excluding hydrogens is 376 g/mol. The van der Waals surface area contributed by atoms with Crippen molar-refractivity contribution < 1.29 is 37.7 Å². The SMILES string of the molecule is COc1ccc(C(=O)NC(C)c2ccc(OCC(=O)O)cc2)cc1OC(F)F. The molecule has 2 rings (SSSR count). The first-order valence-electron chi connectivity index (χ1n) is 8.18. The Bertz CT molecular complexity index is 826. The van der Waals surface area contributed by atoms with Crippen LogP contribution in [0.25, 0.3) is 0 Å². The average molecular weight is 395 g/mol. The molecule has 1 amide bonds. The van der Waals surface area contributed by atoms with Gasteiger partial charge in [-0.25, -0.2) is 4.79 Å². The second-order valence-electron chi connectivity index (χ2n) is 5.69. The van der Waals surface area contributed by atoms with Gasteiger partial charge >= 0.3 is 12.6 Å². The van der Waals surface area contributed by atoms with Crippen molar-refractivity contribution in [2.24, 2.45) is 0 Å². The Kier molecular flexibility index (Phi) is 7.14. The Morgan fingerprint density at radius 1 is 1.11 bits per heavy atom. The number of rotatable bonds is 9. The van der Waals surface area contributed by atoms with Gasteiger partial charge in [-0.05, 0) is 42.8 Å². The fraction of sp³-hybridized carbons (Fsp3) is 0.263. The fourth-order valence-electron chi connectivity index (χ4n) is 2.37. The molecule has 2 aromatic carbocycles. The van der Waals surface area contributed by atoms with Gasteiger partial charge in [0.15, 0.2) is 18.1 Å². The molecule has 2 aromatic rings. The molecule has 150 valence electrons. The van der Waals surface area contributed by atoms with Crippen LogP contribution in [0.4, 0.5) is 8.78 Å². The number of carboxylic acids is 1. The predicted molar refractivity (Wildman–Crippen MR) is 95.1 cm³/mol. The van der Waals surface area contributed by atoms with E-state index in [0.717, 1.165) is 5.56 Å². The van der Waals surface area contributed by atoms with Gasteiger partial charge in [0.1, 0.15) is 5.75 Å². The van der Waals surface area contributed by atoms with Crippen molar-refractivity contribution in [3.8, 4) is 17.2 Å². The highest BCUT2D eigenvalue weighted by Crippen LogP contribution is 2.29. The van der Waals surface area contributed by atoms with Crippen molar-refractivity contribution in [2.45, 2.75) is 19.6 Å². The molecule has 0 aliphatic heterocycles. The first-order valence-corrected chi connectivity index (χ1v) is 8.18. The summed E-state index contributed by atoms with van der Waals surface area (Å²) in [5.41, 5.74) is 0.873. The normalized spacial score (nSPS) is 11.6. The van der Waals surface area contributed by atoms with Crippen LogP contribution in [-0.4, -0.2) is 37.3 Å². The number of alkyl halides is 2. The van der Waals surface area contributed by atoms with Crippen molar-refractivity contribution in [1.29, 1.82) is 0 Å². The molecule has 7 nitrogen and oxygen atoms in total. The van der Waals surface area contributed by atoms with Crippen LogP contribution >= 0.6 is 0 Å². The molecule has 9 heteroatoms. The highest BCUT2D eigenvalue weighted by atomic mass is 19.3. The number of carbonyl (C=O) groups excluding carboxylic acids is 1. The lowest BCUT2D eigenvalue weighted by Crippen LogP contribution is -2.26. The van der Waals surface area contributed by atoms with Crippen molar-refractivity contribution in [1.82, 2.24) is 5.32 Å². The van der Waals surface area contributed by atoms with Crippen molar-refractivity contribution in [3.63, 3.8) is 0 Å². The van der Waals surface area contributed by atoms with E-state index in [2.05, 4.69) is 10.1 Å². The minimum atomic E-state index is -3.05. The number of benzene rings is 2. The van der Waals surface area contributed by atoms with Crippen LogP contribution in [0.2, 0.25) is 0 Å². The molecule has 0 bridgehead atoms. The number of hydrogen-bond donors (Lipinski definition) is 2. The number of carbonyl (C=O) groups is 2. The molecule has 0 saturated carbocycles. The van der Waals surface area contributed by atoms with Gasteiger partial charge in [-0.3, -0.25) is 4.79 Å². The van der Waals surface area contributed by atoms with E-state index in [0.29, 0.717) is 5.75 Å². The Morgan fingerprint density at radius 2 is 1.79 bits per heavy atom. The standard InChI is InChI=1S/C19H19F2NO6/c1-11(12-3-6-14(7-4-12)27-10-17(23)24)22-18(25)13-5-8-15(26-2)16(9-13)28-19(20)21/h3-9,11,19H,10H2,1-2H3,(H,22,25)(H,23,24). The third-order valence-electron chi connectivity index (χ3n) is 3.73. The third kappa shape index (κ3) is 5.83. The van der Waals surface area contributed by atoms with E-state index in [-0.39, 0.29) is 17.1 Å². The van der Waals surface area contributed by atoms with Crippen LogP contribution in [0.5, 0.6) is 17.2 Å². The van der Waals surface area contributed by atoms with Crippen LogP contribution in [0.3, 0.4) is 0 Å². The molecule has 0 aliphatic rings. The van der Waals surface area contributed by atoms with Crippen molar-refractivity contribution >= 4 is 11.9 Å². The van der Waals surface area contributed by atoms with Gasteiger partial charge in [0.25, 0.3) is 5.91 Å². The zero-order chi connectivity index (χ0) is 20.7. The van der Waals surface area contributed by atoms with Gasteiger partial charge in [0.2, 0.25) is 0 Å². The van der Waals surface area contributed by atoms with E-state index < -0.39 is 31.1 Å². The Hall–Kier alpha value is -3.36. The van der Waals surface area contributed by atoms with Crippen LogP contribution in [0, 0.1) is 0 Å². The minimum Gasteiger partial charge on any atom is -0.493 e. The van der Waals surface area contributed by atoms with Gasteiger partial charge in [0, 0.05) is 5.56 Å². The van der Waals surface area contributed by atoms with E-state index in [4.69, 9.17) is 14.6 Å². The summed E-state index contributed by atoms with van der Waals surface area (Å²) in [5, 5.41) is 11.3. The zero-order valence-electron chi connectivity index (χ0n) is 15.1. The van der Waals surface area contributed by atoms with Gasteiger partial charge < -0.3 is 24.6 Å². The number of carboxylic acid groups (broad SMARTS) is 1. The van der Waals surface area contributed by atoms with E-state index in [1.165, 1.54) is 25.3 Å². The summed E-state index contributed by atoms with van der Waals surface area (Å²) in [7, 11) is 1.30. The molecule has 1 unspecified atom stereocenters.